The molecule has 1 fully saturated rings. The van der Waals surface area contributed by atoms with Gasteiger partial charge in [-0.25, -0.2) is 4.98 Å². The van der Waals surface area contributed by atoms with Crippen LogP contribution in [-0.2, 0) is 0 Å². The van der Waals surface area contributed by atoms with Gasteiger partial charge in [0.05, 0.1) is 18.6 Å². The quantitative estimate of drug-likeness (QED) is 0.572. The standard InChI is InChI=1S/C17H21N5O4/c1-3-26-17-15(22(23)24)16(18-12-19-17)21-10-8-20(9-11-21)13-4-6-14(25-2)7-5-13/h4-7,12H,3,8-11H2,1-2H3. The van der Waals surface area contributed by atoms with Crippen LogP contribution in [0, 0.1) is 10.1 Å². The molecule has 1 saturated heterocycles. The maximum atomic E-state index is 11.5. The number of piperazine rings is 1. The number of hydrogen-bond donors (Lipinski definition) is 0. The lowest BCUT2D eigenvalue weighted by atomic mass is 10.2. The van der Waals surface area contributed by atoms with E-state index < -0.39 is 4.92 Å². The van der Waals surface area contributed by atoms with E-state index in [9.17, 15) is 10.1 Å². The van der Waals surface area contributed by atoms with Crippen molar-refractivity contribution in [3.05, 3.63) is 40.7 Å². The zero-order valence-electron chi connectivity index (χ0n) is 14.8. The Bertz CT molecular complexity index is 760. The predicted octanol–water partition coefficient (Wildman–Crippen LogP) is 2.12. The fourth-order valence-corrected chi connectivity index (χ4v) is 2.96. The van der Waals surface area contributed by atoms with Crippen molar-refractivity contribution in [1.29, 1.82) is 0 Å². The van der Waals surface area contributed by atoms with Crippen molar-refractivity contribution in [1.82, 2.24) is 9.97 Å². The summed E-state index contributed by atoms with van der Waals surface area (Å²) in [4.78, 5) is 23.2. The minimum Gasteiger partial charge on any atom is -0.497 e. The van der Waals surface area contributed by atoms with Crippen molar-refractivity contribution in [3.63, 3.8) is 0 Å². The molecule has 0 unspecified atom stereocenters. The number of aromatic nitrogens is 2. The molecule has 1 aromatic carbocycles. The predicted molar refractivity (Wildman–Crippen MR) is 97.3 cm³/mol. The molecule has 0 spiro atoms. The topological polar surface area (TPSA) is 93.9 Å². The molecule has 0 saturated carbocycles. The smallest absolute Gasteiger partial charge is 0.372 e. The van der Waals surface area contributed by atoms with E-state index in [-0.39, 0.29) is 11.6 Å². The zero-order valence-corrected chi connectivity index (χ0v) is 14.8. The van der Waals surface area contributed by atoms with Crippen molar-refractivity contribution < 1.29 is 14.4 Å². The number of ether oxygens (including phenoxy) is 2. The highest BCUT2D eigenvalue weighted by molar-refractivity contribution is 5.63. The molecule has 0 atom stereocenters. The fourth-order valence-electron chi connectivity index (χ4n) is 2.96. The summed E-state index contributed by atoms with van der Waals surface area (Å²) in [5.74, 6) is 1.13. The van der Waals surface area contributed by atoms with Crippen LogP contribution in [0.15, 0.2) is 30.6 Å². The second-order valence-corrected chi connectivity index (χ2v) is 5.71. The summed E-state index contributed by atoms with van der Waals surface area (Å²) in [6.45, 7) is 4.78. The number of rotatable bonds is 6. The molecular formula is C17H21N5O4. The normalized spacial score (nSPS) is 14.2. The molecule has 1 aromatic heterocycles. The Morgan fingerprint density at radius 1 is 1.12 bits per heavy atom. The van der Waals surface area contributed by atoms with Gasteiger partial charge in [0, 0.05) is 31.9 Å². The number of nitro groups is 1. The number of hydrogen-bond acceptors (Lipinski definition) is 8. The highest BCUT2D eigenvalue weighted by Crippen LogP contribution is 2.34. The van der Waals surface area contributed by atoms with Crippen LogP contribution in [0.25, 0.3) is 0 Å². The first-order chi connectivity index (χ1) is 12.6. The van der Waals surface area contributed by atoms with Gasteiger partial charge in [-0.3, -0.25) is 10.1 Å². The fraction of sp³-hybridized carbons (Fsp3) is 0.412. The van der Waals surface area contributed by atoms with Gasteiger partial charge >= 0.3 is 5.69 Å². The van der Waals surface area contributed by atoms with Gasteiger partial charge < -0.3 is 19.3 Å². The van der Waals surface area contributed by atoms with Gasteiger partial charge in [-0.1, -0.05) is 0 Å². The van der Waals surface area contributed by atoms with Crippen molar-refractivity contribution in [3.8, 4) is 11.6 Å². The summed E-state index contributed by atoms with van der Waals surface area (Å²) in [5, 5.41) is 11.5. The van der Waals surface area contributed by atoms with Crippen LogP contribution in [-0.4, -0.2) is 54.8 Å². The zero-order chi connectivity index (χ0) is 18.5. The number of methoxy groups -OCH3 is 1. The molecule has 26 heavy (non-hydrogen) atoms. The molecule has 138 valence electrons. The molecule has 2 aromatic rings. The van der Waals surface area contributed by atoms with Crippen molar-refractivity contribution in [2.24, 2.45) is 0 Å². The number of benzene rings is 1. The first-order valence-corrected chi connectivity index (χ1v) is 8.40. The van der Waals surface area contributed by atoms with Crippen molar-refractivity contribution in [2.75, 3.05) is 49.7 Å². The monoisotopic (exact) mass is 359 g/mol. The van der Waals surface area contributed by atoms with Crippen LogP contribution >= 0.6 is 0 Å². The third-order valence-electron chi connectivity index (χ3n) is 4.25. The molecule has 0 N–H and O–H groups in total. The van der Waals surface area contributed by atoms with E-state index in [0.29, 0.717) is 25.5 Å². The van der Waals surface area contributed by atoms with Crippen molar-refractivity contribution >= 4 is 17.2 Å². The van der Waals surface area contributed by atoms with Crippen LogP contribution < -0.4 is 19.3 Å². The molecule has 3 rings (SSSR count). The van der Waals surface area contributed by atoms with E-state index in [1.165, 1.54) is 6.33 Å². The molecule has 0 aliphatic carbocycles. The Balaban J connectivity index is 1.75. The summed E-state index contributed by atoms with van der Waals surface area (Å²) in [7, 11) is 1.64. The summed E-state index contributed by atoms with van der Waals surface area (Å²) in [6.07, 6.45) is 1.31. The second-order valence-electron chi connectivity index (χ2n) is 5.71. The molecule has 1 aliphatic heterocycles. The van der Waals surface area contributed by atoms with Gasteiger partial charge in [0.1, 0.15) is 12.1 Å². The Hall–Kier alpha value is -3.10. The molecule has 9 heteroatoms. The Morgan fingerprint density at radius 2 is 1.77 bits per heavy atom. The first-order valence-electron chi connectivity index (χ1n) is 8.40. The molecule has 9 nitrogen and oxygen atoms in total. The highest BCUT2D eigenvalue weighted by Gasteiger charge is 2.30. The van der Waals surface area contributed by atoms with Gasteiger partial charge in [0.25, 0.3) is 5.88 Å². The van der Waals surface area contributed by atoms with Gasteiger partial charge in [-0.15, -0.1) is 0 Å². The van der Waals surface area contributed by atoms with Gasteiger partial charge in [0.2, 0.25) is 5.82 Å². The first kappa shape index (κ1) is 17.7. The summed E-state index contributed by atoms with van der Waals surface area (Å²) in [5.41, 5.74) is 0.921. The average Bonchev–Trinajstić information content (AvgIpc) is 2.68. The SMILES string of the molecule is CCOc1ncnc(N2CCN(c3ccc(OC)cc3)CC2)c1[N+](=O)[O-]. The van der Waals surface area contributed by atoms with Gasteiger partial charge in [-0.05, 0) is 31.2 Å². The van der Waals surface area contributed by atoms with E-state index in [1.807, 2.05) is 29.2 Å². The van der Waals surface area contributed by atoms with Crippen LogP contribution in [0.5, 0.6) is 11.6 Å². The third kappa shape index (κ3) is 3.61. The van der Waals surface area contributed by atoms with E-state index in [2.05, 4.69) is 14.9 Å². The molecule has 2 heterocycles. The lowest BCUT2D eigenvalue weighted by Gasteiger charge is -2.36. The van der Waals surface area contributed by atoms with Crippen LogP contribution in [0.4, 0.5) is 17.2 Å². The summed E-state index contributed by atoms with van der Waals surface area (Å²) < 4.78 is 10.5. The Kier molecular flexibility index (Phi) is 5.35. The maximum absolute atomic E-state index is 11.5. The van der Waals surface area contributed by atoms with E-state index >= 15 is 0 Å². The average molecular weight is 359 g/mol. The minimum absolute atomic E-state index is 0.0140. The lowest BCUT2D eigenvalue weighted by molar-refractivity contribution is -0.385. The molecule has 0 amide bonds. The second kappa shape index (κ2) is 7.85. The van der Waals surface area contributed by atoms with Gasteiger partial charge in [0.15, 0.2) is 0 Å². The van der Waals surface area contributed by atoms with Gasteiger partial charge in [-0.2, -0.15) is 4.98 Å². The van der Waals surface area contributed by atoms with E-state index in [1.54, 1.807) is 14.0 Å². The molecule has 0 radical (unpaired) electrons. The molecule has 1 aliphatic rings. The van der Waals surface area contributed by atoms with E-state index in [4.69, 9.17) is 9.47 Å². The summed E-state index contributed by atoms with van der Waals surface area (Å²) in [6, 6.07) is 7.86. The third-order valence-corrected chi connectivity index (χ3v) is 4.25. The molecule has 0 bridgehead atoms. The van der Waals surface area contributed by atoms with E-state index in [0.717, 1.165) is 24.5 Å². The molecular weight excluding hydrogens is 338 g/mol. The maximum Gasteiger partial charge on any atom is 0.372 e. The minimum atomic E-state index is -0.476. The highest BCUT2D eigenvalue weighted by atomic mass is 16.6. The summed E-state index contributed by atoms with van der Waals surface area (Å²) >= 11 is 0. The number of nitrogens with zero attached hydrogens (tertiary/aromatic N) is 5. The largest absolute Gasteiger partial charge is 0.497 e. The van der Waals surface area contributed by atoms with Crippen LogP contribution in [0.3, 0.4) is 0 Å². The van der Waals surface area contributed by atoms with Crippen LogP contribution in [0.2, 0.25) is 0 Å². The Labute approximate surface area is 151 Å². The number of anilines is 2. The lowest BCUT2D eigenvalue weighted by Crippen LogP contribution is -2.47. The van der Waals surface area contributed by atoms with Crippen molar-refractivity contribution in [2.45, 2.75) is 6.92 Å². The van der Waals surface area contributed by atoms with Crippen LogP contribution in [0.1, 0.15) is 6.92 Å². The Morgan fingerprint density at radius 3 is 2.35 bits per heavy atom.